The van der Waals surface area contributed by atoms with E-state index in [2.05, 4.69) is 26.1 Å². The molecular weight excluding hydrogens is 214 g/mol. The first-order valence-corrected chi connectivity index (χ1v) is 7.17. The Morgan fingerprint density at radius 3 is 2.41 bits per heavy atom. The molecule has 17 heavy (non-hydrogen) atoms. The van der Waals surface area contributed by atoms with Gasteiger partial charge < -0.3 is 14.8 Å². The Morgan fingerprint density at radius 1 is 1.18 bits per heavy atom. The van der Waals surface area contributed by atoms with Crippen LogP contribution in [0.3, 0.4) is 0 Å². The van der Waals surface area contributed by atoms with Crippen LogP contribution in [0.5, 0.6) is 0 Å². The highest BCUT2D eigenvalue weighted by Crippen LogP contribution is 2.28. The molecular formula is C14H29NO2. The minimum absolute atomic E-state index is 0.259. The largest absolute Gasteiger partial charge is 0.375 e. The van der Waals surface area contributed by atoms with Crippen molar-refractivity contribution in [2.45, 2.75) is 64.7 Å². The minimum Gasteiger partial charge on any atom is -0.375 e. The Kier molecular flexibility index (Phi) is 7.09. The molecule has 0 saturated heterocycles. The minimum atomic E-state index is 0.259. The van der Waals surface area contributed by atoms with Crippen LogP contribution in [-0.2, 0) is 9.47 Å². The zero-order valence-electron chi connectivity index (χ0n) is 11.9. The highest BCUT2D eigenvalue weighted by molar-refractivity contribution is 4.96. The molecule has 0 heterocycles. The molecule has 0 aromatic rings. The van der Waals surface area contributed by atoms with E-state index in [1.807, 2.05) is 7.05 Å². The highest BCUT2D eigenvalue weighted by Gasteiger charge is 2.41. The molecule has 1 aliphatic carbocycles. The molecule has 1 saturated carbocycles. The fourth-order valence-electron chi connectivity index (χ4n) is 2.29. The summed E-state index contributed by atoms with van der Waals surface area (Å²) in [5.74, 6) is 0.704. The quantitative estimate of drug-likeness (QED) is 0.675. The van der Waals surface area contributed by atoms with Gasteiger partial charge >= 0.3 is 0 Å². The van der Waals surface area contributed by atoms with Crippen molar-refractivity contribution >= 4 is 0 Å². The van der Waals surface area contributed by atoms with Crippen LogP contribution >= 0.6 is 0 Å². The Hall–Kier alpha value is -0.120. The number of hydrogen-bond donors (Lipinski definition) is 1. The summed E-state index contributed by atoms with van der Waals surface area (Å²) in [4.78, 5) is 0. The monoisotopic (exact) mass is 243 g/mol. The van der Waals surface area contributed by atoms with Crippen molar-refractivity contribution in [2.24, 2.45) is 5.92 Å². The predicted octanol–water partition coefficient (Wildman–Crippen LogP) is 2.59. The number of hydrogen-bond acceptors (Lipinski definition) is 3. The Balaban J connectivity index is 2.27. The average Bonchev–Trinajstić information content (AvgIpc) is 2.33. The van der Waals surface area contributed by atoms with Gasteiger partial charge in [0.1, 0.15) is 0 Å². The first-order chi connectivity index (χ1) is 8.26. The molecule has 3 nitrogen and oxygen atoms in total. The van der Waals surface area contributed by atoms with Crippen LogP contribution < -0.4 is 5.32 Å². The summed E-state index contributed by atoms with van der Waals surface area (Å²) in [5.41, 5.74) is 0. The lowest BCUT2D eigenvalue weighted by atomic mass is 9.85. The molecule has 0 amide bonds. The van der Waals surface area contributed by atoms with Crippen molar-refractivity contribution < 1.29 is 9.47 Å². The van der Waals surface area contributed by atoms with E-state index >= 15 is 0 Å². The lowest BCUT2D eigenvalue weighted by Gasteiger charge is -2.44. The summed E-state index contributed by atoms with van der Waals surface area (Å²) in [6, 6.07) is 0.480. The summed E-state index contributed by atoms with van der Waals surface area (Å²) in [6.45, 7) is 8.35. The number of ether oxygens (including phenoxy) is 2. The van der Waals surface area contributed by atoms with Crippen molar-refractivity contribution in [2.75, 3.05) is 20.3 Å². The second kappa shape index (κ2) is 8.06. The third-order valence-electron chi connectivity index (χ3n) is 3.84. The second-order valence-electron chi connectivity index (χ2n) is 5.02. The molecule has 3 unspecified atom stereocenters. The van der Waals surface area contributed by atoms with Gasteiger partial charge in [-0.1, -0.05) is 33.6 Å². The molecule has 102 valence electrons. The topological polar surface area (TPSA) is 30.5 Å². The van der Waals surface area contributed by atoms with Gasteiger partial charge in [-0.05, 0) is 25.8 Å². The van der Waals surface area contributed by atoms with Gasteiger partial charge in [0.15, 0.2) is 0 Å². The van der Waals surface area contributed by atoms with E-state index in [1.165, 1.54) is 12.8 Å². The van der Waals surface area contributed by atoms with E-state index in [-0.39, 0.29) is 6.10 Å². The number of likely N-dealkylation sites (N-methyl/N-ethyl adjacent to an activating group) is 1. The smallest absolute Gasteiger partial charge is 0.0990 e. The Morgan fingerprint density at radius 2 is 1.88 bits per heavy atom. The summed E-state index contributed by atoms with van der Waals surface area (Å²) in [5, 5.41) is 3.30. The molecule has 1 aliphatic rings. The second-order valence-corrected chi connectivity index (χ2v) is 5.02. The van der Waals surface area contributed by atoms with Gasteiger partial charge in [0.05, 0.1) is 12.2 Å². The summed E-state index contributed by atoms with van der Waals surface area (Å²) >= 11 is 0. The zero-order valence-corrected chi connectivity index (χ0v) is 11.9. The lowest BCUT2D eigenvalue weighted by Crippen LogP contribution is -2.59. The number of rotatable bonds is 9. The van der Waals surface area contributed by atoms with E-state index in [0.717, 1.165) is 26.1 Å². The molecule has 0 radical (unpaired) electrons. The maximum atomic E-state index is 6.00. The van der Waals surface area contributed by atoms with E-state index < -0.39 is 0 Å². The summed E-state index contributed by atoms with van der Waals surface area (Å²) in [6.07, 6.45) is 5.14. The van der Waals surface area contributed by atoms with Gasteiger partial charge in [-0.2, -0.15) is 0 Å². The van der Waals surface area contributed by atoms with Crippen LogP contribution in [0.2, 0.25) is 0 Å². The Bertz CT molecular complexity index is 195. The maximum Gasteiger partial charge on any atom is 0.0990 e. The van der Waals surface area contributed by atoms with Crippen molar-refractivity contribution in [3.63, 3.8) is 0 Å². The fourth-order valence-corrected chi connectivity index (χ4v) is 2.29. The lowest BCUT2D eigenvalue weighted by molar-refractivity contribution is -0.151. The van der Waals surface area contributed by atoms with Gasteiger partial charge in [-0.3, -0.25) is 0 Å². The van der Waals surface area contributed by atoms with Gasteiger partial charge in [-0.15, -0.1) is 0 Å². The molecule has 0 bridgehead atoms. The van der Waals surface area contributed by atoms with E-state index in [4.69, 9.17) is 9.47 Å². The first-order valence-electron chi connectivity index (χ1n) is 7.17. The van der Waals surface area contributed by atoms with Crippen LogP contribution in [0.25, 0.3) is 0 Å². The number of nitrogens with one attached hydrogen (secondary N) is 1. The molecule has 0 spiro atoms. The normalized spacial score (nSPS) is 28.4. The molecule has 0 aromatic carbocycles. The molecule has 1 fully saturated rings. The predicted molar refractivity (Wildman–Crippen MR) is 71.3 cm³/mol. The van der Waals surface area contributed by atoms with Crippen molar-refractivity contribution in [3.05, 3.63) is 0 Å². The van der Waals surface area contributed by atoms with E-state index in [0.29, 0.717) is 18.1 Å². The van der Waals surface area contributed by atoms with Crippen LogP contribution in [0, 0.1) is 5.92 Å². The van der Waals surface area contributed by atoms with Crippen LogP contribution in [-0.4, -0.2) is 38.5 Å². The summed E-state index contributed by atoms with van der Waals surface area (Å²) < 4.78 is 11.9. The third kappa shape index (κ3) is 4.23. The van der Waals surface area contributed by atoms with Crippen LogP contribution in [0.15, 0.2) is 0 Å². The Labute approximate surface area is 106 Å². The SMILES string of the molecule is CCCOC1C(NC)CC1OCC(CC)CC. The zero-order chi connectivity index (χ0) is 12.7. The van der Waals surface area contributed by atoms with E-state index in [1.54, 1.807) is 0 Å². The molecule has 3 heteroatoms. The van der Waals surface area contributed by atoms with Crippen molar-refractivity contribution in [1.82, 2.24) is 5.32 Å². The van der Waals surface area contributed by atoms with Gasteiger partial charge in [-0.25, -0.2) is 0 Å². The van der Waals surface area contributed by atoms with Crippen molar-refractivity contribution in [1.29, 1.82) is 0 Å². The highest BCUT2D eigenvalue weighted by atomic mass is 16.5. The summed E-state index contributed by atoms with van der Waals surface area (Å²) in [7, 11) is 2.00. The van der Waals surface area contributed by atoms with Crippen LogP contribution in [0.4, 0.5) is 0 Å². The third-order valence-corrected chi connectivity index (χ3v) is 3.84. The molecule has 0 aromatic heterocycles. The molecule has 1 N–H and O–H groups in total. The van der Waals surface area contributed by atoms with Gasteiger partial charge in [0.2, 0.25) is 0 Å². The molecule has 1 rings (SSSR count). The molecule has 3 atom stereocenters. The van der Waals surface area contributed by atoms with Crippen molar-refractivity contribution in [3.8, 4) is 0 Å². The van der Waals surface area contributed by atoms with Crippen LogP contribution in [0.1, 0.15) is 46.5 Å². The first kappa shape index (κ1) is 14.9. The standard InChI is InChI=1S/C14H29NO2/c1-5-8-16-14-12(15-4)9-13(14)17-10-11(6-2)7-3/h11-15H,5-10H2,1-4H3. The maximum absolute atomic E-state index is 6.00. The van der Waals surface area contributed by atoms with Gasteiger partial charge in [0.25, 0.3) is 0 Å². The fraction of sp³-hybridized carbons (Fsp3) is 1.00. The van der Waals surface area contributed by atoms with Gasteiger partial charge in [0, 0.05) is 19.3 Å². The average molecular weight is 243 g/mol. The van der Waals surface area contributed by atoms with E-state index in [9.17, 15) is 0 Å². The molecule has 0 aliphatic heterocycles.